The van der Waals surface area contributed by atoms with Crippen LogP contribution in [0.4, 0.5) is 0 Å². The Kier molecular flexibility index (Phi) is 49.1. The Bertz CT molecular complexity index is 1080. The van der Waals surface area contributed by atoms with Crippen LogP contribution in [0.2, 0.25) is 0 Å². The van der Waals surface area contributed by atoms with E-state index in [1.807, 2.05) is 0 Å². The second kappa shape index (κ2) is 50.8. The average molecular weight is 884 g/mol. The van der Waals surface area contributed by atoms with E-state index in [-0.39, 0.29) is 24.9 Å². The molecule has 0 rings (SSSR count). The molecule has 0 saturated carbocycles. The molecule has 0 bridgehead atoms. The van der Waals surface area contributed by atoms with Crippen molar-refractivity contribution < 1.29 is 24.5 Å². The quantitative estimate of drug-likeness (QED) is 0.0321. The molecule has 63 heavy (non-hydrogen) atoms. The molecule has 0 spiro atoms. The van der Waals surface area contributed by atoms with Gasteiger partial charge in [-0.25, -0.2) is 0 Å². The Labute approximate surface area is 391 Å². The Balaban J connectivity index is 4.58. The number of nitrogens with one attached hydrogen (secondary N) is 1. The minimum Gasteiger partial charge on any atom is -0.462 e. The lowest BCUT2D eigenvalue weighted by molar-refractivity contribution is -0.151. The maximum absolute atomic E-state index is 13.2. The highest BCUT2D eigenvalue weighted by Crippen LogP contribution is 2.18. The molecule has 1 amide bonds. The van der Waals surface area contributed by atoms with Crippen molar-refractivity contribution in [3.8, 4) is 0 Å². The third kappa shape index (κ3) is 46.2. The number of hydrogen-bond acceptors (Lipinski definition) is 5. The lowest BCUT2D eigenvalue weighted by Crippen LogP contribution is -2.46. The number of aliphatic hydroxyl groups is 2. The van der Waals surface area contributed by atoms with E-state index in [4.69, 9.17) is 4.74 Å². The molecule has 368 valence electrons. The number of allylic oxidation sites excluding steroid dienone is 8. The topological polar surface area (TPSA) is 95.9 Å². The van der Waals surface area contributed by atoms with E-state index in [0.29, 0.717) is 19.3 Å². The molecule has 0 aromatic carbocycles. The van der Waals surface area contributed by atoms with E-state index in [9.17, 15) is 19.8 Å². The normalized spacial score (nSPS) is 13.5. The zero-order valence-corrected chi connectivity index (χ0v) is 42.0. The zero-order valence-electron chi connectivity index (χ0n) is 42.0. The lowest BCUT2D eigenvalue weighted by Gasteiger charge is -2.24. The van der Waals surface area contributed by atoms with Gasteiger partial charge in [-0.1, -0.05) is 262 Å². The van der Waals surface area contributed by atoms with E-state index in [2.05, 4.69) is 74.7 Å². The second-order valence-corrected chi connectivity index (χ2v) is 18.7. The van der Waals surface area contributed by atoms with E-state index in [1.54, 1.807) is 0 Å². The van der Waals surface area contributed by atoms with Crippen molar-refractivity contribution in [1.82, 2.24) is 5.32 Å². The molecule has 6 nitrogen and oxygen atoms in total. The summed E-state index contributed by atoms with van der Waals surface area (Å²) in [5, 5.41) is 23.8. The molecule has 3 atom stereocenters. The summed E-state index contributed by atoms with van der Waals surface area (Å²) in [6.07, 6.45) is 61.6. The van der Waals surface area contributed by atoms with Crippen molar-refractivity contribution in [2.75, 3.05) is 6.61 Å². The summed E-state index contributed by atoms with van der Waals surface area (Å²) in [7, 11) is 0. The number of ether oxygens (including phenoxy) is 1. The van der Waals surface area contributed by atoms with E-state index >= 15 is 0 Å². The summed E-state index contributed by atoms with van der Waals surface area (Å²) in [6.45, 7) is 6.46. The molecular formula is C57H105NO5. The van der Waals surface area contributed by atoms with Gasteiger partial charge in [0.25, 0.3) is 0 Å². The van der Waals surface area contributed by atoms with Crippen LogP contribution < -0.4 is 5.32 Å². The predicted molar refractivity (Wildman–Crippen MR) is 273 cm³/mol. The molecule has 0 fully saturated rings. The Morgan fingerprint density at radius 3 is 1.25 bits per heavy atom. The standard InChI is InChI=1S/C57H105NO5/c1-4-7-10-13-16-19-22-25-26-27-28-29-32-35-38-41-44-47-50-57(62)63-53(48-45-42-39-36-33-30-23-20-17-14-11-8-5-2)51-56(61)58-54(52-59)55(60)49-46-43-40-37-34-31-24-21-18-15-12-9-6-3/h16,19,22,25-29,53-55,59-60H,4-15,17-18,20-21,23-24,30-52H2,1-3H3,(H,58,61)/b19-16+,25-22+,27-26+,29-28+. The molecule has 0 aromatic rings. The molecule has 6 heteroatoms. The zero-order chi connectivity index (χ0) is 45.9. The summed E-state index contributed by atoms with van der Waals surface area (Å²) < 4.78 is 5.94. The van der Waals surface area contributed by atoms with E-state index < -0.39 is 18.2 Å². The van der Waals surface area contributed by atoms with Crippen molar-refractivity contribution in [2.45, 2.75) is 296 Å². The highest BCUT2D eigenvalue weighted by atomic mass is 16.5. The third-order valence-corrected chi connectivity index (χ3v) is 12.5. The number of amides is 1. The SMILES string of the molecule is CCCCC/C=C/C=C/C=C/C=C/CCCCCCCC(=O)OC(CCCCCCCCCCCCCCC)CC(=O)NC(CO)C(O)CCCCCCCCCCCCCCC. The van der Waals surface area contributed by atoms with Crippen LogP contribution in [0.15, 0.2) is 48.6 Å². The largest absolute Gasteiger partial charge is 0.462 e. The second-order valence-electron chi connectivity index (χ2n) is 18.7. The monoisotopic (exact) mass is 884 g/mol. The Morgan fingerprint density at radius 1 is 0.460 bits per heavy atom. The van der Waals surface area contributed by atoms with Crippen LogP contribution >= 0.6 is 0 Å². The maximum Gasteiger partial charge on any atom is 0.306 e. The van der Waals surface area contributed by atoms with E-state index in [0.717, 1.165) is 77.0 Å². The Morgan fingerprint density at radius 2 is 0.810 bits per heavy atom. The van der Waals surface area contributed by atoms with Gasteiger partial charge in [0.1, 0.15) is 6.10 Å². The van der Waals surface area contributed by atoms with Gasteiger partial charge >= 0.3 is 5.97 Å². The molecule has 0 saturated heterocycles. The fourth-order valence-corrected chi connectivity index (χ4v) is 8.33. The van der Waals surface area contributed by atoms with Gasteiger partial charge in [0.15, 0.2) is 0 Å². The van der Waals surface area contributed by atoms with Gasteiger partial charge in [0, 0.05) is 6.42 Å². The van der Waals surface area contributed by atoms with Gasteiger partial charge in [0.2, 0.25) is 5.91 Å². The fourth-order valence-electron chi connectivity index (χ4n) is 8.33. The number of aliphatic hydroxyl groups excluding tert-OH is 2. The van der Waals surface area contributed by atoms with Crippen LogP contribution in [0, 0.1) is 0 Å². The van der Waals surface area contributed by atoms with Crippen LogP contribution in [0.25, 0.3) is 0 Å². The van der Waals surface area contributed by atoms with Crippen molar-refractivity contribution >= 4 is 11.9 Å². The van der Waals surface area contributed by atoms with Crippen molar-refractivity contribution in [3.63, 3.8) is 0 Å². The molecule has 0 heterocycles. The molecular weight excluding hydrogens is 779 g/mol. The first kappa shape index (κ1) is 60.8. The van der Waals surface area contributed by atoms with Gasteiger partial charge in [-0.15, -0.1) is 0 Å². The number of hydrogen-bond donors (Lipinski definition) is 3. The molecule has 0 aliphatic carbocycles. The van der Waals surface area contributed by atoms with Crippen molar-refractivity contribution in [2.24, 2.45) is 0 Å². The highest BCUT2D eigenvalue weighted by molar-refractivity contribution is 5.77. The fraction of sp³-hybridized carbons (Fsp3) is 0.825. The maximum atomic E-state index is 13.2. The van der Waals surface area contributed by atoms with Crippen LogP contribution in [0.5, 0.6) is 0 Å². The van der Waals surface area contributed by atoms with Crippen LogP contribution in [0.1, 0.15) is 278 Å². The number of esters is 1. The third-order valence-electron chi connectivity index (χ3n) is 12.5. The highest BCUT2D eigenvalue weighted by Gasteiger charge is 2.24. The molecule has 0 aliphatic rings. The number of rotatable bonds is 49. The van der Waals surface area contributed by atoms with Crippen LogP contribution in [-0.4, -0.2) is 46.9 Å². The Hall–Kier alpha value is -2.18. The summed E-state index contributed by atoms with van der Waals surface area (Å²) in [4.78, 5) is 26.2. The van der Waals surface area contributed by atoms with Crippen molar-refractivity contribution in [3.05, 3.63) is 48.6 Å². The average Bonchev–Trinajstić information content (AvgIpc) is 3.28. The minimum atomic E-state index is -0.790. The molecule has 0 aliphatic heterocycles. The van der Waals surface area contributed by atoms with Crippen LogP contribution in [-0.2, 0) is 14.3 Å². The molecule has 0 radical (unpaired) electrons. The number of carbonyl (C=O) groups excluding carboxylic acids is 2. The number of unbranched alkanes of at least 4 members (excludes halogenated alkanes) is 32. The smallest absolute Gasteiger partial charge is 0.306 e. The number of carbonyl (C=O) groups is 2. The van der Waals surface area contributed by atoms with Gasteiger partial charge in [0.05, 0.1) is 25.2 Å². The van der Waals surface area contributed by atoms with Crippen molar-refractivity contribution in [1.29, 1.82) is 0 Å². The lowest BCUT2D eigenvalue weighted by atomic mass is 10.0. The first-order valence-electron chi connectivity index (χ1n) is 27.4. The molecule has 3 unspecified atom stereocenters. The predicted octanol–water partition coefficient (Wildman–Crippen LogP) is 16.6. The van der Waals surface area contributed by atoms with Gasteiger partial charge in [-0.05, 0) is 51.4 Å². The van der Waals surface area contributed by atoms with Gasteiger partial charge < -0.3 is 20.3 Å². The minimum absolute atomic E-state index is 0.0706. The summed E-state index contributed by atoms with van der Waals surface area (Å²) >= 11 is 0. The van der Waals surface area contributed by atoms with Crippen LogP contribution in [0.3, 0.4) is 0 Å². The summed E-state index contributed by atoms with van der Waals surface area (Å²) in [5.41, 5.74) is 0. The molecule has 3 N–H and O–H groups in total. The van der Waals surface area contributed by atoms with Gasteiger partial charge in [-0.3, -0.25) is 9.59 Å². The molecule has 0 aromatic heterocycles. The first-order chi connectivity index (χ1) is 31.0. The summed E-state index contributed by atoms with van der Waals surface area (Å²) in [6, 6.07) is -0.705. The van der Waals surface area contributed by atoms with E-state index in [1.165, 1.54) is 154 Å². The summed E-state index contributed by atoms with van der Waals surface area (Å²) in [5.74, 6) is -0.489. The first-order valence-corrected chi connectivity index (χ1v) is 27.4. The van der Waals surface area contributed by atoms with Gasteiger partial charge in [-0.2, -0.15) is 0 Å².